The third-order valence-electron chi connectivity index (χ3n) is 4.76. The van der Waals surface area contributed by atoms with Crippen LogP contribution in [0.5, 0.6) is 0 Å². The minimum absolute atomic E-state index is 0.197. The van der Waals surface area contributed by atoms with Gasteiger partial charge in [0.15, 0.2) is 6.04 Å². The van der Waals surface area contributed by atoms with Gasteiger partial charge in [0.2, 0.25) is 5.91 Å². The van der Waals surface area contributed by atoms with Gasteiger partial charge in [-0.15, -0.1) is 0 Å². The van der Waals surface area contributed by atoms with E-state index in [0.717, 1.165) is 18.4 Å². The van der Waals surface area contributed by atoms with E-state index in [0.29, 0.717) is 6.54 Å². The molecule has 4 nitrogen and oxygen atoms in total. The molecule has 0 spiro atoms. The van der Waals surface area contributed by atoms with E-state index in [1.54, 1.807) is 6.21 Å². The molecule has 1 aromatic rings. The van der Waals surface area contributed by atoms with Crippen molar-refractivity contribution in [2.24, 2.45) is 4.99 Å². The fourth-order valence-electron chi connectivity index (χ4n) is 3.03. The second-order valence-corrected chi connectivity index (χ2v) is 7.21. The smallest absolute Gasteiger partial charge is 0.247 e. The van der Waals surface area contributed by atoms with Crippen LogP contribution in [0.25, 0.3) is 0 Å². The van der Waals surface area contributed by atoms with Crippen molar-refractivity contribution in [1.82, 2.24) is 5.32 Å². The summed E-state index contributed by atoms with van der Waals surface area (Å²) in [5, 5.41) is 12.3. The molecule has 1 rings (SSSR count). The number of aliphatic hydroxyl groups is 1. The topological polar surface area (TPSA) is 61.7 Å². The van der Waals surface area contributed by atoms with Crippen molar-refractivity contribution < 1.29 is 9.90 Å². The average molecular weight is 375 g/mol. The maximum Gasteiger partial charge on any atom is 0.247 e. The Morgan fingerprint density at radius 3 is 2.07 bits per heavy atom. The lowest BCUT2D eigenvalue weighted by Crippen LogP contribution is -2.36. The predicted molar refractivity (Wildman–Crippen MR) is 114 cm³/mol. The van der Waals surface area contributed by atoms with Gasteiger partial charge >= 0.3 is 0 Å². The molecule has 0 heterocycles. The summed E-state index contributed by atoms with van der Waals surface area (Å²) in [7, 11) is 0. The predicted octanol–water partition coefficient (Wildman–Crippen LogP) is 4.89. The van der Waals surface area contributed by atoms with Gasteiger partial charge < -0.3 is 10.4 Å². The van der Waals surface area contributed by atoms with Crippen LogP contribution in [-0.2, 0) is 4.79 Å². The summed E-state index contributed by atoms with van der Waals surface area (Å²) in [4.78, 5) is 16.3. The van der Waals surface area contributed by atoms with Gasteiger partial charge in [0, 0.05) is 12.8 Å². The molecule has 152 valence electrons. The zero-order valence-corrected chi connectivity index (χ0v) is 17.0. The summed E-state index contributed by atoms with van der Waals surface area (Å²) in [5.74, 6) is -0.197. The number of nitrogens with zero attached hydrogens (tertiary/aromatic N) is 1. The number of aliphatic imine (C=N–C) groups is 1. The molecule has 0 fully saturated rings. The summed E-state index contributed by atoms with van der Waals surface area (Å²) in [6.45, 7) is 2.64. The molecule has 1 aromatic carbocycles. The van der Waals surface area contributed by atoms with Crippen LogP contribution >= 0.6 is 0 Å². The normalized spacial score (nSPS) is 12.4. The van der Waals surface area contributed by atoms with Crippen LogP contribution in [0.3, 0.4) is 0 Å². The van der Waals surface area contributed by atoms with Crippen LogP contribution < -0.4 is 5.32 Å². The van der Waals surface area contributed by atoms with Crippen molar-refractivity contribution in [2.75, 3.05) is 13.2 Å². The number of nitrogens with one attached hydrogen (secondary N) is 1. The van der Waals surface area contributed by atoms with Crippen LogP contribution in [0.15, 0.2) is 35.3 Å². The highest BCUT2D eigenvalue weighted by Crippen LogP contribution is 2.11. The molecule has 0 radical (unpaired) electrons. The lowest BCUT2D eigenvalue weighted by atomic mass is 10.1. The van der Waals surface area contributed by atoms with E-state index in [9.17, 15) is 9.90 Å². The number of aliphatic hydroxyl groups excluding tert-OH is 1. The lowest BCUT2D eigenvalue weighted by molar-refractivity contribution is -0.123. The summed E-state index contributed by atoms with van der Waals surface area (Å²) in [5.41, 5.74) is 0.925. The summed E-state index contributed by atoms with van der Waals surface area (Å²) in [6, 6.07) is 8.88. The fourth-order valence-corrected chi connectivity index (χ4v) is 3.03. The Morgan fingerprint density at radius 2 is 1.52 bits per heavy atom. The highest BCUT2D eigenvalue weighted by Gasteiger charge is 2.14. The quantitative estimate of drug-likeness (QED) is 0.319. The van der Waals surface area contributed by atoms with E-state index in [1.165, 1.54) is 57.8 Å². The molecule has 0 aromatic heterocycles. The largest absolute Gasteiger partial charge is 0.394 e. The minimum Gasteiger partial charge on any atom is -0.394 e. The number of rotatable bonds is 16. The third-order valence-corrected chi connectivity index (χ3v) is 4.76. The number of carbonyl (C=O) groups is 1. The van der Waals surface area contributed by atoms with Crippen LogP contribution in [0.4, 0.5) is 0 Å². The average Bonchev–Trinajstić information content (AvgIpc) is 2.70. The molecule has 1 amide bonds. The Labute approximate surface area is 165 Å². The molecule has 0 bridgehead atoms. The van der Waals surface area contributed by atoms with Crippen molar-refractivity contribution in [3.05, 3.63) is 35.9 Å². The Balaban J connectivity index is 2.03. The van der Waals surface area contributed by atoms with Crippen molar-refractivity contribution in [3.8, 4) is 0 Å². The number of hydrogen-bond donors (Lipinski definition) is 2. The monoisotopic (exact) mass is 374 g/mol. The van der Waals surface area contributed by atoms with Gasteiger partial charge in [-0.1, -0.05) is 101 Å². The van der Waals surface area contributed by atoms with Crippen LogP contribution in [0.2, 0.25) is 0 Å². The number of hydrogen-bond acceptors (Lipinski definition) is 3. The van der Waals surface area contributed by atoms with Gasteiger partial charge in [-0.2, -0.15) is 0 Å². The molecule has 0 aliphatic carbocycles. The number of carbonyl (C=O) groups excluding carboxylic acids is 1. The number of benzene rings is 1. The van der Waals surface area contributed by atoms with Crippen molar-refractivity contribution in [3.63, 3.8) is 0 Å². The Bertz CT molecular complexity index is 502. The highest BCUT2D eigenvalue weighted by molar-refractivity contribution is 5.86. The van der Waals surface area contributed by atoms with Gasteiger partial charge in [-0.25, -0.2) is 0 Å². The maximum absolute atomic E-state index is 12.1. The molecule has 0 unspecified atom stereocenters. The van der Waals surface area contributed by atoms with Crippen LogP contribution in [0, 0.1) is 0 Å². The van der Waals surface area contributed by atoms with Gasteiger partial charge in [0.25, 0.3) is 0 Å². The minimum atomic E-state index is -0.724. The maximum atomic E-state index is 12.1. The first kappa shape index (κ1) is 23.4. The SMILES string of the molecule is CCCCCCCCCCCCCNC(=O)[C@H](CO)N=Cc1ccccc1. The van der Waals surface area contributed by atoms with Crippen molar-refractivity contribution >= 4 is 12.1 Å². The highest BCUT2D eigenvalue weighted by atomic mass is 16.3. The van der Waals surface area contributed by atoms with Gasteiger partial charge in [0.05, 0.1) is 6.61 Å². The molecule has 0 saturated heterocycles. The van der Waals surface area contributed by atoms with Gasteiger partial charge in [0.1, 0.15) is 0 Å². The van der Waals surface area contributed by atoms with E-state index in [4.69, 9.17) is 0 Å². The summed E-state index contributed by atoms with van der Waals surface area (Å²) < 4.78 is 0. The Morgan fingerprint density at radius 1 is 0.963 bits per heavy atom. The first-order chi connectivity index (χ1) is 13.3. The van der Waals surface area contributed by atoms with E-state index in [-0.39, 0.29) is 12.5 Å². The van der Waals surface area contributed by atoms with E-state index in [2.05, 4.69) is 17.2 Å². The summed E-state index contributed by atoms with van der Waals surface area (Å²) >= 11 is 0. The zero-order valence-electron chi connectivity index (χ0n) is 17.0. The fraction of sp³-hybridized carbons (Fsp3) is 0.652. The third kappa shape index (κ3) is 12.4. The van der Waals surface area contributed by atoms with E-state index >= 15 is 0 Å². The van der Waals surface area contributed by atoms with E-state index in [1.807, 2.05) is 30.3 Å². The zero-order chi connectivity index (χ0) is 19.6. The first-order valence-corrected chi connectivity index (χ1v) is 10.7. The van der Waals surface area contributed by atoms with Gasteiger partial charge in [-0.05, 0) is 12.0 Å². The van der Waals surface area contributed by atoms with Crippen LogP contribution in [0.1, 0.15) is 83.1 Å². The molecule has 2 N–H and O–H groups in total. The second kappa shape index (κ2) is 16.5. The molecule has 0 saturated carbocycles. The molecule has 4 heteroatoms. The summed E-state index contributed by atoms with van der Waals surface area (Å²) in [6.07, 6.45) is 15.8. The molecule has 0 aliphatic heterocycles. The molecule has 0 aliphatic rings. The molecular weight excluding hydrogens is 336 g/mol. The Kier molecular flexibility index (Phi) is 14.3. The lowest BCUT2D eigenvalue weighted by Gasteiger charge is -2.10. The number of amides is 1. The molecule has 27 heavy (non-hydrogen) atoms. The van der Waals surface area contributed by atoms with Crippen LogP contribution in [-0.4, -0.2) is 36.4 Å². The first-order valence-electron chi connectivity index (χ1n) is 10.7. The van der Waals surface area contributed by atoms with Crippen molar-refractivity contribution in [1.29, 1.82) is 0 Å². The number of unbranched alkanes of at least 4 members (excludes halogenated alkanes) is 10. The molecule has 1 atom stereocenters. The van der Waals surface area contributed by atoms with E-state index < -0.39 is 6.04 Å². The second-order valence-electron chi connectivity index (χ2n) is 7.21. The van der Waals surface area contributed by atoms with Gasteiger partial charge in [-0.3, -0.25) is 9.79 Å². The molecular formula is C23H38N2O2. The Hall–Kier alpha value is -1.68. The standard InChI is InChI=1S/C23H38N2O2/c1-2-3-4-5-6-7-8-9-10-11-15-18-24-23(27)22(20-26)25-19-21-16-13-12-14-17-21/h12-14,16-17,19,22,26H,2-11,15,18,20H2,1H3,(H,24,27)/t22-/m0/s1. The van der Waals surface area contributed by atoms with Crippen molar-refractivity contribution in [2.45, 2.75) is 83.6 Å².